The zero-order valence-electron chi connectivity index (χ0n) is 12.3. The Morgan fingerprint density at radius 2 is 1.57 bits per heavy atom. The molecule has 0 radical (unpaired) electrons. The van der Waals surface area contributed by atoms with Crippen LogP contribution in [0.5, 0.6) is 5.75 Å². The van der Waals surface area contributed by atoms with E-state index in [4.69, 9.17) is 24.5 Å². The summed E-state index contributed by atoms with van der Waals surface area (Å²) < 4.78 is 5.74. The van der Waals surface area contributed by atoms with Gasteiger partial charge in [-0.05, 0) is 11.6 Å². The van der Waals surface area contributed by atoms with Crippen LogP contribution in [0.1, 0.15) is 17.2 Å². The fourth-order valence-corrected chi connectivity index (χ4v) is 2.27. The number of aliphatic carboxylic acids is 2. The van der Waals surface area contributed by atoms with Crippen LogP contribution < -0.4 is 10.1 Å². The van der Waals surface area contributed by atoms with Crippen LogP contribution >= 0.6 is 0 Å². The highest BCUT2D eigenvalue weighted by atomic mass is 16.5. The molecule has 0 aliphatic carbocycles. The van der Waals surface area contributed by atoms with E-state index in [0.717, 1.165) is 18.9 Å². The average molecular weight is 315 g/mol. The Balaban J connectivity index is 0.000000277. The first kappa shape index (κ1) is 16.5. The zero-order valence-corrected chi connectivity index (χ0v) is 12.3. The van der Waals surface area contributed by atoms with Crippen LogP contribution in [0.2, 0.25) is 0 Å². The molecule has 1 unspecified atom stereocenters. The molecular formula is C17H17NO5. The fraction of sp³-hybridized carbons (Fsp3) is 0.176. The number of ether oxygens (including phenoxy) is 1. The minimum Gasteiger partial charge on any atom is -0.492 e. The van der Waals surface area contributed by atoms with Gasteiger partial charge in [-0.25, -0.2) is 9.59 Å². The predicted molar refractivity (Wildman–Crippen MR) is 83.5 cm³/mol. The Labute approximate surface area is 133 Å². The van der Waals surface area contributed by atoms with Gasteiger partial charge in [0.05, 0.1) is 6.04 Å². The third-order valence-corrected chi connectivity index (χ3v) is 3.25. The van der Waals surface area contributed by atoms with Crippen molar-refractivity contribution in [3.05, 3.63) is 65.7 Å². The molecule has 0 saturated heterocycles. The van der Waals surface area contributed by atoms with Gasteiger partial charge in [-0.3, -0.25) is 0 Å². The molecule has 0 fully saturated rings. The number of benzene rings is 2. The topological polar surface area (TPSA) is 95.9 Å². The Bertz CT molecular complexity index is 660. The number of carboxylic acids is 2. The molecule has 0 amide bonds. The van der Waals surface area contributed by atoms with Crippen LogP contribution in [-0.2, 0) is 9.59 Å². The van der Waals surface area contributed by atoms with Crippen LogP contribution in [0.25, 0.3) is 0 Å². The molecule has 3 rings (SSSR count). The van der Waals surface area contributed by atoms with Gasteiger partial charge in [0.1, 0.15) is 12.4 Å². The van der Waals surface area contributed by atoms with Crippen molar-refractivity contribution < 1.29 is 24.5 Å². The third-order valence-electron chi connectivity index (χ3n) is 3.25. The lowest BCUT2D eigenvalue weighted by Gasteiger charge is -2.17. The number of nitrogens with one attached hydrogen (secondary N) is 1. The first-order valence-electron chi connectivity index (χ1n) is 7.06. The van der Waals surface area contributed by atoms with Gasteiger partial charge in [0.15, 0.2) is 0 Å². The van der Waals surface area contributed by atoms with Crippen molar-refractivity contribution >= 4 is 11.9 Å². The molecule has 1 heterocycles. The van der Waals surface area contributed by atoms with Crippen molar-refractivity contribution in [1.29, 1.82) is 0 Å². The third kappa shape index (κ3) is 4.55. The molecule has 6 nitrogen and oxygen atoms in total. The number of rotatable bonds is 1. The Kier molecular flexibility index (Phi) is 5.71. The van der Waals surface area contributed by atoms with E-state index in [2.05, 4.69) is 41.7 Å². The van der Waals surface area contributed by atoms with Crippen molar-refractivity contribution in [2.75, 3.05) is 13.2 Å². The number of hydrogen-bond acceptors (Lipinski definition) is 4. The van der Waals surface area contributed by atoms with E-state index in [9.17, 15) is 0 Å². The molecular weight excluding hydrogens is 298 g/mol. The molecule has 0 spiro atoms. The normalized spacial score (nSPS) is 15.9. The summed E-state index contributed by atoms with van der Waals surface area (Å²) in [5, 5.41) is 18.3. The number of fused-ring (bicyclic) bond motifs is 1. The lowest BCUT2D eigenvalue weighted by molar-refractivity contribution is -0.159. The Hall–Kier alpha value is -2.86. The van der Waals surface area contributed by atoms with Crippen molar-refractivity contribution in [1.82, 2.24) is 5.32 Å². The standard InChI is InChI=1S/C15H15NO.C2H2O4/c1-2-6-12(7-3-1)15-13-8-4-5-9-14(13)17-11-10-16-15;3-1(4)2(5)6/h1-9,15-16H,10-11H2;(H,3,4)(H,5,6). The van der Waals surface area contributed by atoms with Gasteiger partial charge >= 0.3 is 11.9 Å². The van der Waals surface area contributed by atoms with E-state index in [1.54, 1.807) is 0 Å². The largest absolute Gasteiger partial charge is 0.492 e. The van der Waals surface area contributed by atoms with E-state index < -0.39 is 11.9 Å². The summed E-state index contributed by atoms with van der Waals surface area (Å²) in [6, 6.07) is 19.0. The number of para-hydroxylation sites is 1. The van der Waals surface area contributed by atoms with E-state index in [-0.39, 0.29) is 6.04 Å². The molecule has 0 aromatic heterocycles. The van der Waals surface area contributed by atoms with Gasteiger partial charge in [0.25, 0.3) is 0 Å². The molecule has 23 heavy (non-hydrogen) atoms. The summed E-state index contributed by atoms with van der Waals surface area (Å²) in [5.41, 5.74) is 2.50. The predicted octanol–water partition coefficient (Wildman–Crippen LogP) is 1.91. The second-order valence-electron chi connectivity index (χ2n) is 4.79. The number of hydrogen-bond donors (Lipinski definition) is 3. The van der Waals surface area contributed by atoms with Gasteiger partial charge in [-0.1, -0.05) is 48.5 Å². The van der Waals surface area contributed by atoms with Crippen molar-refractivity contribution in [2.45, 2.75) is 6.04 Å². The summed E-state index contributed by atoms with van der Waals surface area (Å²) in [4.78, 5) is 18.2. The molecule has 1 atom stereocenters. The lowest BCUT2D eigenvalue weighted by Crippen LogP contribution is -2.23. The highest BCUT2D eigenvalue weighted by Crippen LogP contribution is 2.31. The maximum absolute atomic E-state index is 9.10. The molecule has 2 aromatic rings. The summed E-state index contributed by atoms with van der Waals surface area (Å²) in [6.45, 7) is 1.59. The average Bonchev–Trinajstić information content (AvgIpc) is 2.78. The van der Waals surface area contributed by atoms with Gasteiger partial charge < -0.3 is 20.3 Å². The van der Waals surface area contributed by atoms with Gasteiger partial charge in [0, 0.05) is 12.1 Å². The first-order valence-corrected chi connectivity index (χ1v) is 7.06. The first-order chi connectivity index (χ1) is 11.1. The molecule has 1 aliphatic rings. The lowest BCUT2D eigenvalue weighted by atomic mass is 9.98. The van der Waals surface area contributed by atoms with Gasteiger partial charge in [-0.15, -0.1) is 0 Å². The van der Waals surface area contributed by atoms with Crippen LogP contribution in [0, 0.1) is 0 Å². The highest BCUT2D eigenvalue weighted by Gasteiger charge is 2.19. The molecule has 120 valence electrons. The van der Waals surface area contributed by atoms with Gasteiger partial charge in [-0.2, -0.15) is 0 Å². The maximum Gasteiger partial charge on any atom is 0.414 e. The van der Waals surface area contributed by atoms with Gasteiger partial charge in [0.2, 0.25) is 0 Å². The van der Waals surface area contributed by atoms with Crippen LogP contribution in [0.15, 0.2) is 54.6 Å². The fourth-order valence-electron chi connectivity index (χ4n) is 2.27. The van der Waals surface area contributed by atoms with E-state index in [0.29, 0.717) is 0 Å². The number of carboxylic acid groups (broad SMARTS) is 2. The van der Waals surface area contributed by atoms with E-state index in [1.807, 2.05) is 18.2 Å². The maximum atomic E-state index is 9.10. The number of carbonyl (C=O) groups is 2. The molecule has 6 heteroatoms. The molecule has 3 N–H and O–H groups in total. The second-order valence-corrected chi connectivity index (χ2v) is 4.79. The van der Waals surface area contributed by atoms with Crippen molar-refractivity contribution in [3.63, 3.8) is 0 Å². The van der Waals surface area contributed by atoms with Crippen molar-refractivity contribution in [2.24, 2.45) is 0 Å². The Morgan fingerprint density at radius 1 is 0.957 bits per heavy atom. The molecule has 0 bridgehead atoms. The summed E-state index contributed by atoms with van der Waals surface area (Å²) >= 11 is 0. The monoisotopic (exact) mass is 315 g/mol. The molecule has 2 aromatic carbocycles. The molecule has 0 saturated carbocycles. The van der Waals surface area contributed by atoms with Crippen LogP contribution in [0.3, 0.4) is 0 Å². The SMILES string of the molecule is O=C(O)C(=O)O.c1ccc(C2NCCOc3ccccc32)cc1. The highest BCUT2D eigenvalue weighted by molar-refractivity contribution is 6.27. The second kappa shape index (κ2) is 7.95. The summed E-state index contributed by atoms with van der Waals surface area (Å²) in [7, 11) is 0. The Morgan fingerprint density at radius 3 is 2.22 bits per heavy atom. The summed E-state index contributed by atoms with van der Waals surface area (Å²) in [6.07, 6.45) is 0. The van der Waals surface area contributed by atoms with Crippen LogP contribution in [-0.4, -0.2) is 35.3 Å². The molecule has 1 aliphatic heterocycles. The summed E-state index contributed by atoms with van der Waals surface area (Å²) in [5.74, 6) is -2.66. The quantitative estimate of drug-likeness (QED) is 0.696. The smallest absolute Gasteiger partial charge is 0.414 e. The van der Waals surface area contributed by atoms with Crippen molar-refractivity contribution in [3.8, 4) is 5.75 Å². The minimum atomic E-state index is -1.82. The zero-order chi connectivity index (χ0) is 16.7. The van der Waals surface area contributed by atoms with E-state index in [1.165, 1.54) is 11.1 Å². The minimum absolute atomic E-state index is 0.231. The van der Waals surface area contributed by atoms with Crippen LogP contribution in [0.4, 0.5) is 0 Å². The van der Waals surface area contributed by atoms with E-state index >= 15 is 0 Å².